The number of Topliss-reactive ketones (excluding diaryl/α,β-unsaturated/α-hetero) is 2. The molecule has 0 spiro atoms. The van der Waals surface area contributed by atoms with Gasteiger partial charge in [0.05, 0.1) is 16.6 Å². The van der Waals surface area contributed by atoms with E-state index in [1.165, 1.54) is 0 Å². The highest BCUT2D eigenvalue weighted by atomic mass is 16.5. The van der Waals surface area contributed by atoms with Crippen LogP contribution in [0.2, 0.25) is 0 Å². The molecule has 2 heterocycles. The second-order valence-corrected chi connectivity index (χ2v) is 12.1. The van der Waals surface area contributed by atoms with E-state index in [4.69, 9.17) is 4.74 Å². The number of ketones is 2. The Hall–Kier alpha value is -1.88. The van der Waals surface area contributed by atoms with Crippen LogP contribution < -0.4 is 0 Å². The lowest BCUT2D eigenvalue weighted by Crippen LogP contribution is -2.44. The lowest BCUT2D eigenvalue weighted by molar-refractivity contribution is -0.128. The summed E-state index contributed by atoms with van der Waals surface area (Å²) >= 11 is 0. The van der Waals surface area contributed by atoms with Crippen molar-refractivity contribution in [3.8, 4) is 0 Å². The summed E-state index contributed by atoms with van der Waals surface area (Å²) in [6.07, 6.45) is 4.51. The molecule has 0 radical (unpaired) electrons. The van der Waals surface area contributed by atoms with Gasteiger partial charge in [0.15, 0.2) is 11.6 Å². The Morgan fingerprint density at radius 3 is 2.25 bits per heavy atom. The third-order valence-electron chi connectivity index (χ3n) is 8.13. The topological polar surface area (TPSA) is 83.8 Å². The van der Waals surface area contributed by atoms with Gasteiger partial charge in [-0.05, 0) is 58.8 Å². The summed E-state index contributed by atoms with van der Waals surface area (Å²) in [7, 11) is 0. The van der Waals surface area contributed by atoms with E-state index in [1.807, 2.05) is 26.8 Å². The molecule has 2 aliphatic heterocycles. The standard InChI is InChI=1S/C27H40O5/c1-15(2)10-11-25(8)22(30)18(21(29)19(23(25)31)20(28)16(3)4)17-14-27(24(5,6)7)13-12-26(17,9)32-27/h10,16-17,29-30H,11-14H2,1-9H3/t17-,25?,26-,27+/m1/s1. The fraction of sp³-hybridized carbons (Fsp3) is 0.704. The summed E-state index contributed by atoms with van der Waals surface area (Å²) in [4.78, 5) is 26.6. The molecule has 4 atom stereocenters. The van der Waals surface area contributed by atoms with Crippen LogP contribution in [-0.4, -0.2) is 33.0 Å². The molecule has 0 aromatic heterocycles. The lowest BCUT2D eigenvalue weighted by Gasteiger charge is -2.41. The highest BCUT2D eigenvalue weighted by molar-refractivity contribution is 6.24. The van der Waals surface area contributed by atoms with Gasteiger partial charge in [0.2, 0.25) is 0 Å². The molecule has 0 aromatic rings. The Balaban J connectivity index is 2.24. The number of hydrogen-bond acceptors (Lipinski definition) is 5. The lowest BCUT2D eigenvalue weighted by atomic mass is 9.60. The molecule has 2 N–H and O–H groups in total. The van der Waals surface area contributed by atoms with Crippen molar-refractivity contribution in [2.75, 3.05) is 0 Å². The van der Waals surface area contributed by atoms with Gasteiger partial charge in [-0.25, -0.2) is 0 Å². The summed E-state index contributed by atoms with van der Waals surface area (Å²) in [5.41, 5.74) is -1.20. The van der Waals surface area contributed by atoms with Gasteiger partial charge in [-0.15, -0.1) is 0 Å². The number of fused-ring (bicyclic) bond motifs is 2. The Bertz CT molecular complexity index is 940. The maximum absolute atomic E-state index is 13.6. The third kappa shape index (κ3) is 3.48. The minimum absolute atomic E-state index is 0.121. The van der Waals surface area contributed by atoms with Crippen LogP contribution in [0.25, 0.3) is 0 Å². The third-order valence-corrected chi connectivity index (χ3v) is 8.13. The van der Waals surface area contributed by atoms with Gasteiger partial charge in [0.25, 0.3) is 0 Å². The van der Waals surface area contributed by atoms with Crippen molar-refractivity contribution in [2.24, 2.45) is 22.7 Å². The van der Waals surface area contributed by atoms with Crippen molar-refractivity contribution in [1.82, 2.24) is 0 Å². The predicted octanol–water partition coefficient (Wildman–Crippen LogP) is 6.15. The van der Waals surface area contributed by atoms with Gasteiger partial charge < -0.3 is 14.9 Å². The fourth-order valence-corrected chi connectivity index (χ4v) is 5.65. The molecule has 5 nitrogen and oxygen atoms in total. The number of allylic oxidation sites excluding steroid dienone is 5. The van der Waals surface area contributed by atoms with Crippen molar-refractivity contribution in [3.63, 3.8) is 0 Å². The molecule has 0 amide bonds. The van der Waals surface area contributed by atoms with E-state index in [2.05, 4.69) is 20.8 Å². The number of ether oxygens (including phenoxy) is 1. The van der Waals surface area contributed by atoms with E-state index in [0.29, 0.717) is 12.0 Å². The first kappa shape index (κ1) is 24.8. The second-order valence-electron chi connectivity index (χ2n) is 12.1. The Kier molecular flexibility index (Phi) is 5.86. The van der Waals surface area contributed by atoms with Crippen LogP contribution in [0.15, 0.2) is 34.3 Å². The first-order valence-corrected chi connectivity index (χ1v) is 11.8. The van der Waals surface area contributed by atoms with Gasteiger partial charge >= 0.3 is 0 Å². The molecule has 32 heavy (non-hydrogen) atoms. The molecule has 0 saturated carbocycles. The van der Waals surface area contributed by atoms with Gasteiger partial charge in [-0.3, -0.25) is 9.59 Å². The zero-order chi connectivity index (χ0) is 24.4. The molecular weight excluding hydrogens is 404 g/mol. The molecule has 3 rings (SSSR count). The first-order chi connectivity index (χ1) is 14.5. The average molecular weight is 445 g/mol. The fourth-order valence-electron chi connectivity index (χ4n) is 5.65. The van der Waals surface area contributed by atoms with Crippen LogP contribution >= 0.6 is 0 Å². The minimum Gasteiger partial charge on any atom is -0.511 e. The van der Waals surface area contributed by atoms with Crippen molar-refractivity contribution in [1.29, 1.82) is 0 Å². The minimum atomic E-state index is -1.30. The molecule has 0 aromatic carbocycles. The van der Waals surface area contributed by atoms with Crippen molar-refractivity contribution < 1.29 is 24.5 Å². The summed E-state index contributed by atoms with van der Waals surface area (Å²) in [5, 5.41) is 22.9. The maximum atomic E-state index is 13.6. The normalized spacial score (nSPS) is 35.2. The number of carbonyl (C=O) groups is 2. The Morgan fingerprint density at radius 1 is 1.19 bits per heavy atom. The van der Waals surface area contributed by atoms with Crippen LogP contribution in [0.3, 0.4) is 0 Å². The number of aliphatic hydroxyl groups is 2. The van der Waals surface area contributed by atoms with Crippen LogP contribution in [0.5, 0.6) is 0 Å². The summed E-state index contributed by atoms with van der Waals surface area (Å²) in [5.74, 6) is -2.12. The zero-order valence-corrected chi connectivity index (χ0v) is 21.2. The van der Waals surface area contributed by atoms with E-state index < -0.39 is 22.7 Å². The van der Waals surface area contributed by atoms with E-state index in [1.54, 1.807) is 20.8 Å². The zero-order valence-electron chi connectivity index (χ0n) is 21.2. The molecule has 178 valence electrons. The molecule has 3 aliphatic rings. The molecule has 2 saturated heterocycles. The van der Waals surface area contributed by atoms with E-state index >= 15 is 0 Å². The van der Waals surface area contributed by atoms with Crippen LogP contribution in [-0.2, 0) is 14.3 Å². The number of carbonyl (C=O) groups excluding carboxylic acids is 2. The number of aliphatic hydroxyl groups excluding tert-OH is 2. The van der Waals surface area contributed by atoms with Crippen LogP contribution in [0.4, 0.5) is 0 Å². The van der Waals surface area contributed by atoms with E-state index in [9.17, 15) is 19.8 Å². The number of rotatable bonds is 5. The molecule has 1 unspecified atom stereocenters. The van der Waals surface area contributed by atoms with Gasteiger partial charge in [-0.2, -0.15) is 0 Å². The first-order valence-electron chi connectivity index (χ1n) is 11.8. The largest absolute Gasteiger partial charge is 0.511 e. The van der Waals surface area contributed by atoms with Gasteiger partial charge in [-0.1, -0.05) is 46.3 Å². The SMILES string of the molecule is CC(C)=CCC1(C)C(=O)C(C(=O)C(C)C)=C(O)C([C@H]2C[C@]3(C(C)(C)C)CC[C@@]2(C)O3)=C1O. The van der Waals surface area contributed by atoms with Crippen LogP contribution in [0.1, 0.15) is 88.0 Å². The number of hydrogen-bond donors (Lipinski definition) is 2. The predicted molar refractivity (Wildman–Crippen MR) is 125 cm³/mol. The van der Waals surface area contributed by atoms with Crippen LogP contribution in [0, 0.1) is 22.7 Å². The van der Waals surface area contributed by atoms with E-state index in [-0.39, 0.29) is 46.2 Å². The van der Waals surface area contributed by atoms with Gasteiger partial charge in [0.1, 0.15) is 17.1 Å². The smallest absolute Gasteiger partial charge is 0.183 e. The quantitative estimate of drug-likeness (QED) is 0.392. The van der Waals surface area contributed by atoms with Crippen molar-refractivity contribution >= 4 is 11.6 Å². The molecule has 2 bridgehead atoms. The Labute approximate surface area is 192 Å². The highest BCUT2D eigenvalue weighted by Crippen LogP contribution is 2.64. The molecule has 5 heteroatoms. The molecule has 2 fully saturated rings. The second kappa shape index (κ2) is 7.58. The monoisotopic (exact) mass is 444 g/mol. The van der Waals surface area contributed by atoms with E-state index in [0.717, 1.165) is 18.4 Å². The maximum Gasteiger partial charge on any atom is 0.183 e. The summed E-state index contributed by atoms with van der Waals surface area (Å²) in [6.45, 7) is 17.5. The summed E-state index contributed by atoms with van der Waals surface area (Å²) in [6, 6.07) is 0. The highest BCUT2D eigenvalue weighted by Gasteiger charge is 2.65. The van der Waals surface area contributed by atoms with Gasteiger partial charge in [0, 0.05) is 17.4 Å². The van der Waals surface area contributed by atoms with Crippen molar-refractivity contribution in [3.05, 3.63) is 34.3 Å². The molecule has 1 aliphatic carbocycles. The Morgan fingerprint density at radius 2 is 1.78 bits per heavy atom. The summed E-state index contributed by atoms with van der Waals surface area (Å²) < 4.78 is 6.65. The average Bonchev–Trinajstić information content (AvgIpc) is 3.17. The molecular formula is C27H40O5. The van der Waals surface area contributed by atoms with Crippen molar-refractivity contribution in [2.45, 2.75) is 99.2 Å².